The lowest BCUT2D eigenvalue weighted by Gasteiger charge is -2.54. The van der Waals surface area contributed by atoms with E-state index in [9.17, 15) is 5.11 Å². The summed E-state index contributed by atoms with van der Waals surface area (Å²) in [5.41, 5.74) is 5.43. The first-order valence-corrected chi connectivity index (χ1v) is 8.02. The summed E-state index contributed by atoms with van der Waals surface area (Å²) >= 11 is 0. The van der Waals surface area contributed by atoms with E-state index in [-0.39, 0.29) is 17.6 Å². The summed E-state index contributed by atoms with van der Waals surface area (Å²) in [6.45, 7) is 7.03. The molecule has 1 heterocycles. The van der Waals surface area contributed by atoms with Gasteiger partial charge in [-0.1, -0.05) is 13.3 Å². The average molecular weight is 269 g/mol. The van der Waals surface area contributed by atoms with Crippen molar-refractivity contribution in [2.75, 3.05) is 6.54 Å². The fraction of sp³-hybridized carbons (Fsp3) is 1.00. The van der Waals surface area contributed by atoms with Gasteiger partial charge in [-0.25, -0.2) is 0 Å². The molecule has 0 aromatic rings. The first-order valence-electron chi connectivity index (χ1n) is 8.02. The maximum Gasteiger partial charge on any atom is 0.0764 e. The third-order valence-electron chi connectivity index (χ3n) is 5.73. The molecule has 0 amide bonds. The van der Waals surface area contributed by atoms with Gasteiger partial charge in [0, 0.05) is 24.8 Å². The lowest BCUT2D eigenvalue weighted by Crippen LogP contribution is -2.59. The highest BCUT2D eigenvalue weighted by molar-refractivity contribution is 5.05. The highest BCUT2D eigenvalue weighted by Gasteiger charge is 2.53. The molecule has 0 aromatic heterocycles. The molecule has 2 atom stereocenters. The van der Waals surface area contributed by atoms with Crippen LogP contribution in [0.2, 0.25) is 0 Å². The topological polar surface area (TPSA) is 55.5 Å². The van der Waals surface area contributed by atoms with E-state index in [1.165, 1.54) is 19.3 Å². The van der Waals surface area contributed by atoms with Crippen LogP contribution in [0.15, 0.2) is 0 Å². The molecule has 1 saturated carbocycles. The van der Waals surface area contributed by atoms with Gasteiger partial charge in [-0.05, 0) is 45.4 Å². The molecule has 2 fully saturated rings. The van der Waals surface area contributed by atoms with Crippen molar-refractivity contribution < 1.29 is 9.84 Å². The van der Waals surface area contributed by atoms with Crippen molar-refractivity contribution in [3.8, 4) is 0 Å². The highest BCUT2D eigenvalue weighted by Crippen LogP contribution is 2.51. The van der Waals surface area contributed by atoms with Crippen molar-refractivity contribution in [2.45, 2.75) is 83.5 Å². The van der Waals surface area contributed by atoms with Crippen LogP contribution in [-0.2, 0) is 4.74 Å². The molecule has 2 rings (SSSR count). The minimum atomic E-state index is -0.627. The maximum atomic E-state index is 11.3. The lowest BCUT2D eigenvalue weighted by molar-refractivity contribution is -0.195. The van der Waals surface area contributed by atoms with Gasteiger partial charge < -0.3 is 15.6 Å². The second-order valence-electron chi connectivity index (χ2n) is 7.03. The Morgan fingerprint density at radius 3 is 2.11 bits per heavy atom. The van der Waals surface area contributed by atoms with Crippen LogP contribution in [0, 0.1) is 11.3 Å². The summed E-state index contributed by atoms with van der Waals surface area (Å²) < 4.78 is 5.80. The van der Waals surface area contributed by atoms with E-state index in [4.69, 9.17) is 10.5 Å². The molecular weight excluding hydrogens is 238 g/mol. The molecule has 1 aliphatic carbocycles. The molecule has 2 unspecified atom stereocenters. The Bertz CT molecular complexity index is 287. The molecule has 3 N–H and O–H groups in total. The molecule has 0 radical (unpaired) electrons. The standard InChI is InChI=1S/C16H31NO2/c1-4-14-5-7-15(11-17,8-6-14)16(18)9-12(2)19-13(3)10-16/h12-14,18H,4-11,17H2,1-3H3. The molecule has 1 aliphatic heterocycles. The Hall–Kier alpha value is -0.120. The fourth-order valence-electron chi connectivity index (χ4n) is 4.46. The minimum absolute atomic E-state index is 0.0784. The highest BCUT2D eigenvalue weighted by atomic mass is 16.5. The van der Waals surface area contributed by atoms with Crippen LogP contribution in [0.4, 0.5) is 0 Å². The predicted molar refractivity (Wildman–Crippen MR) is 77.9 cm³/mol. The predicted octanol–water partition coefficient (Wildman–Crippen LogP) is 2.85. The number of aliphatic hydroxyl groups is 1. The Labute approximate surface area is 117 Å². The number of hydrogen-bond donors (Lipinski definition) is 2. The Balaban J connectivity index is 2.16. The summed E-state index contributed by atoms with van der Waals surface area (Å²) in [5, 5.41) is 11.3. The number of hydrogen-bond acceptors (Lipinski definition) is 3. The summed E-state index contributed by atoms with van der Waals surface area (Å²) in [7, 11) is 0. The number of ether oxygens (including phenoxy) is 1. The van der Waals surface area contributed by atoms with Gasteiger partial charge >= 0.3 is 0 Å². The monoisotopic (exact) mass is 269 g/mol. The van der Waals surface area contributed by atoms with E-state index in [2.05, 4.69) is 20.8 Å². The number of nitrogens with two attached hydrogens (primary N) is 1. The summed E-state index contributed by atoms with van der Waals surface area (Å²) in [5.74, 6) is 0.831. The van der Waals surface area contributed by atoms with Crippen molar-refractivity contribution in [3.63, 3.8) is 0 Å². The van der Waals surface area contributed by atoms with E-state index in [1.807, 2.05) is 0 Å². The Morgan fingerprint density at radius 1 is 1.16 bits per heavy atom. The van der Waals surface area contributed by atoms with Crippen molar-refractivity contribution >= 4 is 0 Å². The Kier molecular flexibility index (Phi) is 4.59. The summed E-state index contributed by atoms with van der Waals surface area (Å²) in [6.07, 6.45) is 7.63. The molecular formula is C16H31NO2. The second-order valence-corrected chi connectivity index (χ2v) is 7.03. The maximum absolute atomic E-state index is 11.3. The van der Waals surface area contributed by atoms with Crippen molar-refractivity contribution in [2.24, 2.45) is 17.1 Å². The molecule has 0 spiro atoms. The second kappa shape index (κ2) is 5.71. The molecule has 1 saturated heterocycles. The zero-order valence-corrected chi connectivity index (χ0v) is 12.8. The molecule has 0 aromatic carbocycles. The normalized spacial score (nSPS) is 48.2. The van der Waals surface area contributed by atoms with Crippen molar-refractivity contribution in [1.29, 1.82) is 0 Å². The van der Waals surface area contributed by atoms with Gasteiger partial charge in [0.15, 0.2) is 0 Å². The van der Waals surface area contributed by atoms with Gasteiger partial charge in [-0.3, -0.25) is 0 Å². The van der Waals surface area contributed by atoms with E-state index in [0.29, 0.717) is 6.54 Å². The van der Waals surface area contributed by atoms with Gasteiger partial charge in [-0.2, -0.15) is 0 Å². The van der Waals surface area contributed by atoms with Crippen LogP contribution in [0.25, 0.3) is 0 Å². The van der Waals surface area contributed by atoms with Crippen LogP contribution in [0.3, 0.4) is 0 Å². The van der Waals surface area contributed by atoms with Crippen molar-refractivity contribution in [1.82, 2.24) is 0 Å². The third-order valence-corrected chi connectivity index (χ3v) is 5.73. The summed E-state index contributed by atoms with van der Waals surface area (Å²) in [6, 6.07) is 0. The number of rotatable bonds is 3. The molecule has 3 nitrogen and oxygen atoms in total. The zero-order valence-electron chi connectivity index (χ0n) is 12.8. The molecule has 2 aliphatic rings. The van der Waals surface area contributed by atoms with Gasteiger partial charge in [0.25, 0.3) is 0 Å². The summed E-state index contributed by atoms with van der Waals surface area (Å²) in [4.78, 5) is 0. The van der Waals surface area contributed by atoms with E-state index in [0.717, 1.165) is 31.6 Å². The van der Waals surface area contributed by atoms with Crippen LogP contribution < -0.4 is 5.73 Å². The average Bonchev–Trinajstić information content (AvgIpc) is 2.37. The molecule has 3 heteroatoms. The van der Waals surface area contributed by atoms with E-state index < -0.39 is 5.60 Å². The SMILES string of the molecule is CCC1CCC(CN)(C2(O)CC(C)OC(C)C2)CC1. The van der Waals surface area contributed by atoms with Crippen LogP contribution >= 0.6 is 0 Å². The van der Waals surface area contributed by atoms with Gasteiger partial charge in [0.2, 0.25) is 0 Å². The first-order chi connectivity index (χ1) is 8.94. The minimum Gasteiger partial charge on any atom is -0.389 e. The quantitative estimate of drug-likeness (QED) is 0.828. The van der Waals surface area contributed by atoms with Gasteiger partial charge in [0.1, 0.15) is 0 Å². The Morgan fingerprint density at radius 2 is 1.68 bits per heavy atom. The molecule has 19 heavy (non-hydrogen) atoms. The first kappa shape index (κ1) is 15.3. The van der Waals surface area contributed by atoms with Crippen LogP contribution in [0.5, 0.6) is 0 Å². The van der Waals surface area contributed by atoms with Crippen molar-refractivity contribution in [3.05, 3.63) is 0 Å². The lowest BCUT2D eigenvalue weighted by atomic mass is 9.57. The largest absolute Gasteiger partial charge is 0.389 e. The van der Waals surface area contributed by atoms with E-state index >= 15 is 0 Å². The third kappa shape index (κ3) is 2.84. The zero-order chi connectivity index (χ0) is 14.1. The molecule has 0 bridgehead atoms. The fourth-order valence-corrected chi connectivity index (χ4v) is 4.46. The van der Waals surface area contributed by atoms with Crippen LogP contribution in [-0.4, -0.2) is 29.5 Å². The van der Waals surface area contributed by atoms with Crippen LogP contribution in [0.1, 0.15) is 65.7 Å². The molecule has 112 valence electrons. The smallest absolute Gasteiger partial charge is 0.0764 e. The van der Waals surface area contributed by atoms with Gasteiger partial charge in [0.05, 0.1) is 17.8 Å². The van der Waals surface area contributed by atoms with Gasteiger partial charge in [-0.15, -0.1) is 0 Å². The van der Waals surface area contributed by atoms with E-state index in [1.54, 1.807) is 0 Å².